The van der Waals surface area contributed by atoms with Gasteiger partial charge in [-0.1, -0.05) is 29.3 Å². The van der Waals surface area contributed by atoms with E-state index in [9.17, 15) is 4.79 Å². The first-order valence-corrected chi connectivity index (χ1v) is 10.7. The predicted octanol–water partition coefficient (Wildman–Crippen LogP) is 4.37. The monoisotopic (exact) mass is 467 g/mol. The lowest BCUT2D eigenvalue weighted by Crippen LogP contribution is -2.32. The van der Waals surface area contributed by atoms with Crippen LogP contribution in [0, 0.1) is 17.2 Å². The normalized spacial score (nSPS) is 18.8. The molecule has 0 saturated carbocycles. The van der Waals surface area contributed by atoms with Gasteiger partial charge in [-0.15, -0.1) is 0 Å². The average molecular weight is 468 g/mol. The molecule has 0 radical (unpaired) electrons. The van der Waals surface area contributed by atoms with E-state index in [-0.39, 0.29) is 23.8 Å². The molecule has 3 atom stereocenters. The second-order valence-electron chi connectivity index (χ2n) is 7.56. The Labute approximate surface area is 195 Å². The van der Waals surface area contributed by atoms with E-state index in [1.165, 1.54) is 24.8 Å². The van der Waals surface area contributed by atoms with Crippen molar-refractivity contribution in [3.05, 3.63) is 82.0 Å². The Morgan fingerprint density at radius 3 is 2.66 bits per heavy atom. The lowest BCUT2D eigenvalue weighted by molar-refractivity contribution is 0.0763. The maximum Gasteiger partial charge on any atom is 0.274 e. The summed E-state index contributed by atoms with van der Waals surface area (Å²) >= 11 is 12.4. The van der Waals surface area contributed by atoms with Gasteiger partial charge >= 0.3 is 0 Å². The highest BCUT2D eigenvalue weighted by Crippen LogP contribution is 2.38. The molecule has 1 aliphatic rings. The molecule has 0 bridgehead atoms. The molecule has 0 aliphatic carbocycles. The summed E-state index contributed by atoms with van der Waals surface area (Å²) in [5.74, 6) is 0.168. The zero-order valence-electron chi connectivity index (χ0n) is 17.2. The Kier molecular flexibility index (Phi) is 6.54. The molecule has 1 aromatic carbocycles. The number of carbonyl (C=O) groups is 1. The van der Waals surface area contributed by atoms with Crippen LogP contribution in [0.4, 0.5) is 0 Å². The molecule has 3 aromatic rings. The zero-order chi connectivity index (χ0) is 22.7. The molecule has 7 nitrogen and oxygen atoms in total. The van der Waals surface area contributed by atoms with Gasteiger partial charge in [0.2, 0.25) is 5.88 Å². The number of rotatable bonds is 5. The molecule has 9 heteroatoms. The molecule has 1 amide bonds. The van der Waals surface area contributed by atoms with Crippen molar-refractivity contribution < 1.29 is 9.53 Å². The van der Waals surface area contributed by atoms with Crippen LogP contribution in [0.25, 0.3) is 0 Å². The van der Waals surface area contributed by atoms with Gasteiger partial charge in [-0.05, 0) is 30.7 Å². The highest BCUT2D eigenvalue weighted by molar-refractivity contribution is 6.42. The fraction of sp³-hybridized carbons (Fsp3) is 0.261. The van der Waals surface area contributed by atoms with Gasteiger partial charge in [0, 0.05) is 49.6 Å². The van der Waals surface area contributed by atoms with Crippen LogP contribution in [-0.4, -0.2) is 45.0 Å². The van der Waals surface area contributed by atoms with Gasteiger partial charge in [0.05, 0.1) is 21.8 Å². The summed E-state index contributed by atoms with van der Waals surface area (Å²) in [7, 11) is 0. The summed E-state index contributed by atoms with van der Waals surface area (Å²) in [6.45, 7) is 2.90. The van der Waals surface area contributed by atoms with Crippen molar-refractivity contribution in [3.63, 3.8) is 0 Å². The van der Waals surface area contributed by atoms with Crippen molar-refractivity contribution in [2.75, 3.05) is 13.1 Å². The Hall–Kier alpha value is -3.21. The van der Waals surface area contributed by atoms with E-state index >= 15 is 0 Å². The Balaban J connectivity index is 1.60. The molecule has 162 valence electrons. The maximum atomic E-state index is 13.0. The Morgan fingerprint density at radius 2 is 2.00 bits per heavy atom. The number of pyridine rings is 1. The third kappa shape index (κ3) is 4.67. The van der Waals surface area contributed by atoms with Gasteiger partial charge in [0.1, 0.15) is 17.9 Å². The van der Waals surface area contributed by atoms with Crippen LogP contribution in [0.5, 0.6) is 5.88 Å². The van der Waals surface area contributed by atoms with Crippen LogP contribution < -0.4 is 4.74 Å². The molecule has 1 unspecified atom stereocenters. The quantitative estimate of drug-likeness (QED) is 0.552. The summed E-state index contributed by atoms with van der Waals surface area (Å²) in [6, 6.07) is 10.9. The molecular formula is C23H19Cl2N5O2. The van der Waals surface area contributed by atoms with E-state index in [0.717, 1.165) is 5.56 Å². The number of carbonyl (C=O) groups excluding carboxylic acids is 1. The molecule has 1 aliphatic heterocycles. The molecule has 2 aromatic heterocycles. The van der Waals surface area contributed by atoms with Crippen LogP contribution in [0.3, 0.4) is 0 Å². The van der Waals surface area contributed by atoms with E-state index in [1.807, 2.05) is 25.1 Å². The number of hydrogen-bond acceptors (Lipinski definition) is 6. The fourth-order valence-electron chi connectivity index (χ4n) is 3.93. The summed E-state index contributed by atoms with van der Waals surface area (Å²) < 4.78 is 6.09. The first-order valence-electron chi connectivity index (χ1n) is 9.99. The Morgan fingerprint density at radius 1 is 1.16 bits per heavy atom. The minimum Gasteiger partial charge on any atom is -0.474 e. The highest BCUT2D eigenvalue weighted by Gasteiger charge is 2.41. The van der Waals surface area contributed by atoms with E-state index in [2.05, 4.69) is 15.0 Å². The number of amides is 1. The number of aromatic nitrogens is 3. The molecule has 1 fully saturated rings. The topological polar surface area (TPSA) is 92.0 Å². The van der Waals surface area contributed by atoms with Crippen molar-refractivity contribution >= 4 is 29.1 Å². The van der Waals surface area contributed by atoms with Crippen molar-refractivity contribution in [3.8, 4) is 11.9 Å². The predicted molar refractivity (Wildman–Crippen MR) is 120 cm³/mol. The smallest absolute Gasteiger partial charge is 0.274 e. The molecule has 0 N–H and O–H groups in total. The van der Waals surface area contributed by atoms with E-state index < -0.39 is 0 Å². The molecule has 3 heterocycles. The maximum absolute atomic E-state index is 13.0. The molecule has 1 saturated heterocycles. The van der Waals surface area contributed by atoms with Crippen molar-refractivity contribution in [2.24, 2.45) is 5.92 Å². The summed E-state index contributed by atoms with van der Waals surface area (Å²) in [6.07, 6.45) is 5.69. The number of ether oxygens (including phenoxy) is 1. The van der Waals surface area contributed by atoms with Crippen molar-refractivity contribution in [1.82, 2.24) is 19.9 Å². The van der Waals surface area contributed by atoms with Crippen LogP contribution in [0.2, 0.25) is 10.0 Å². The number of nitriles is 1. The lowest BCUT2D eigenvalue weighted by Gasteiger charge is -2.25. The minimum atomic E-state index is -0.269. The molecule has 4 rings (SSSR count). The third-order valence-corrected chi connectivity index (χ3v) is 6.32. The van der Waals surface area contributed by atoms with Gasteiger partial charge in [0.25, 0.3) is 5.91 Å². The summed E-state index contributed by atoms with van der Waals surface area (Å²) in [5, 5.41) is 9.90. The first-order chi connectivity index (χ1) is 15.5. The SMILES string of the molecule is C[C@H](Oc1ccc(C#N)cn1)C1CN(C(=O)c2cnccn2)C[C@@H]1c1ccc(Cl)c(Cl)c1. The lowest BCUT2D eigenvalue weighted by atomic mass is 9.86. The van der Waals surface area contributed by atoms with E-state index in [0.29, 0.717) is 40.3 Å². The number of likely N-dealkylation sites (tertiary alicyclic amines) is 1. The minimum absolute atomic E-state index is 0.0289. The largest absolute Gasteiger partial charge is 0.474 e. The molecule has 0 spiro atoms. The first kappa shape index (κ1) is 22.0. The van der Waals surface area contributed by atoms with Crippen molar-refractivity contribution in [1.29, 1.82) is 5.26 Å². The standard InChI is InChI=1S/C23H19Cl2N5O2/c1-14(32-22-5-2-15(9-26)10-29-22)17-12-30(23(31)21-11-27-6-7-28-21)13-18(17)16-3-4-19(24)20(25)8-16/h2-8,10-11,14,17-18H,12-13H2,1H3/t14-,17?,18+/m0/s1. The van der Waals surface area contributed by atoms with Crippen LogP contribution in [-0.2, 0) is 0 Å². The van der Waals surface area contributed by atoms with Gasteiger partial charge in [-0.2, -0.15) is 5.26 Å². The summed E-state index contributed by atoms with van der Waals surface area (Å²) in [4.78, 5) is 27.1. The summed E-state index contributed by atoms with van der Waals surface area (Å²) in [5.41, 5.74) is 1.73. The average Bonchev–Trinajstić information content (AvgIpc) is 3.27. The van der Waals surface area contributed by atoms with Gasteiger partial charge in [0.15, 0.2) is 0 Å². The highest BCUT2D eigenvalue weighted by atomic mass is 35.5. The number of hydrogen-bond donors (Lipinski definition) is 0. The van der Waals surface area contributed by atoms with E-state index in [4.69, 9.17) is 33.2 Å². The zero-order valence-corrected chi connectivity index (χ0v) is 18.7. The number of benzene rings is 1. The number of nitrogens with zero attached hydrogens (tertiary/aromatic N) is 5. The fourth-order valence-corrected chi connectivity index (χ4v) is 4.24. The molecular weight excluding hydrogens is 449 g/mol. The van der Waals surface area contributed by atoms with Crippen LogP contribution in [0.1, 0.15) is 34.5 Å². The van der Waals surface area contributed by atoms with Gasteiger partial charge in [-0.25, -0.2) is 9.97 Å². The third-order valence-electron chi connectivity index (χ3n) is 5.58. The molecule has 32 heavy (non-hydrogen) atoms. The van der Waals surface area contributed by atoms with Crippen molar-refractivity contribution in [2.45, 2.75) is 18.9 Å². The van der Waals surface area contributed by atoms with E-state index in [1.54, 1.807) is 23.1 Å². The Bertz CT molecular complexity index is 1150. The second kappa shape index (κ2) is 9.51. The van der Waals surface area contributed by atoms with Gasteiger partial charge < -0.3 is 9.64 Å². The second-order valence-corrected chi connectivity index (χ2v) is 8.38. The van der Waals surface area contributed by atoms with Crippen LogP contribution >= 0.6 is 23.2 Å². The van der Waals surface area contributed by atoms with Crippen LogP contribution in [0.15, 0.2) is 55.1 Å². The van der Waals surface area contributed by atoms with Gasteiger partial charge in [-0.3, -0.25) is 9.78 Å². The number of halogens is 2.